The van der Waals surface area contributed by atoms with E-state index in [4.69, 9.17) is 5.11 Å². The Balaban J connectivity index is 1.99. The molecule has 0 aromatic heterocycles. The van der Waals surface area contributed by atoms with E-state index in [1.165, 1.54) is 25.0 Å². The van der Waals surface area contributed by atoms with Crippen molar-refractivity contribution in [3.8, 4) is 5.75 Å². The summed E-state index contributed by atoms with van der Waals surface area (Å²) in [5.74, 6) is 0.666. The predicted molar refractivity (Wildman–Crippen MR) is 70.5 cm³/mol. The van der Waals surface area contributed by atoms with Crippen molar-refractivity contribution in [3.05, 3.63) is 29.8 Å². The summed E-state index contributed by atoms with van der Waals surface area (Å²) >= 11 is 3.49. The summed E-state index contributed by atoms with van der Waals surface area (Å²) in [5, 5.41) is 13.2. The zero-order valence-corrected chi connectivity index (χ0v) is 11.1. The van der Waals surface area contributed by atoms with Crippen molar-refractivity contribution >= 4 is 21.8 Å². The van der Waals surface area contributed by atoms with E-state index >= 15 is 0 Å². The largest absolute Gasteiger partial charge is 0.508 e. The van der Waals surface area contributed by atoms with E-state index in [1.54, 1.807) is 12.1 Å². The number of rotatable bonds is 3. The highest BCUT2D eigenvalue weighted by molar-refractivity contribution is 9.09. The summed E-state index contributed by atoms with van der Waals surface area (Å²) in [4.78, 5) is 12.0. The number of amides is 1. The first kappa shape index (κ1) is 12.4. The van der Waals surface area contributed by atoms with Crippen molar-refractivity contribution in [1.29, 1.82) is 0 Å². The third kappa shape index (κ3) is 3.00. The van der Waals surface area contributed by atoms with Crippen LogP contribution in [0.4, 0.5) is 0 Å². The molecule has 92 valence electrons. The fourth-order valence-corrected chi connectivity index (χ4v) is 3.05. The van der Waals surface area contributed by atoms with Crippen molar-refractivity contribution in [1.82, 2.24) is 5.32 Å². The molecule has 2 N–H and O–H groups in total. The molecule has 17 heavy (non-hydrogen) atoms. The van der Waals surface area contributed by atoms with Crippen molar-refractivity contribution in [3.63, 3.8) is 0 Å². The fraction of sp³-hybridized carbons (Fsp3) is 0.462. The lowest BCUT2D eigenvalue weighted by Gasteiger charge is -2.19. The van der Waals surface area contributed by atoms with Crippen LogP contribution in [0.15, 0.2) is 24.3 Å². The van der Waals surface area contributed by atoms with Gasteiger partial charge in [0.15, 0.2) is 0 Å². The first-order valence-electron chi connectivity index (χ1n) is 5.86. The molecular weight excluding hydrogens is 282 g/mol. The van der Waals surface area contributed by atoms with Gasteiger partial charge in [0.2, 0.25) is 0 Å². The Labute approximate surface area is 109 Å². The number of hydrogen-bond acceptors (Lipinski definition) is 2. The average Bonchev–Trinajstić information content (AvgIpc) is 2.77. The van der Waals surface area contributed by atoms with Crippen LogP contribution >= 0.6 is 15.9 Å². The van der Waals surface area contributed by atoms with Crippen molar-refractivity contribution in [2.75, 3.05) is 5.33 Å². The maximum absolute atomic E-state index is 12.0. The minimum atomic E-state index is -0.0529. The minimum Gasteiger partial charge on any atom is -0.508 e. The van der Waals surface area contributed by atoms with Gasteiger partial charge in [-0.25, -0.2) is 0 Å². The van der Waals surface area contributed by atoms with E-state index in [0.717, 1.165) is 11.8 Å². The third-order valence-corrected chi connectivity index (χ3v) is 4.13. The molecule has 1 aliphatic carbocycles. The first-order valence-corrected chi connectivity index (χ1v) is 6.98. The molecule has 0 spiro atoms. The number of aromatic hydroxyl groups is 1. The molecule has 0 aliphatic heterocycles. The number of carbonyl (C=O) groups excluding carboxylic acids is 1. The number of phenols is 1. The quantitative estimate of drug-likeness (QED) is 0.843. The van der Waals surface area contributed by atoms with E-state index in [2.05, 4.69) is 21.2 Å². The third-order valence-electron chi connectivity index (χ3n) is 3.30. The summed E-state index contributed by atoms with van der Waals surface area (Å²) in [6, 6.07) is 6.62. The maximum Gasteiger partial charge on any atom is 0.251 e. The van der Waals surface area contributed by atoms with Crippen LogP contribution in [-0.2, 0) is 0 Å². The highest BCUT2D eigenvalue weighted by Gasteiger charge is 2.27. The molecular formula is C13H16BrNO2. The molecule has 1 amide bonds. The molecule has 0 radical (unpaired) electrons. The predicted octanol–water partition coefficient (Wildman–Crippen LogP) is 2.69. The number of carbonyl (C=O) groups is 1. The summed E-state index contributed by atoms with van der Waals surface area (Å²) in [6.45, 7) is 0. The topological polar surface area (TPSA) is 49.3 Å². The van der Waals surface area contributed by atoms with Gasteiger partial charge in [0, 0.05) is 16.9 Å². The highest BCUT2D eigenvalue weighted by atomic mass is 79.9. The molecule has 2 atom stereocenters. The maximum atomic E-state index is 12.0. The molecule has 2 rings (SSSR count). The molecule has 2 unspecified atom stereocenters. The second kappa shape index (κ2) is 5.54. The molecule has 0 saturated heterocycles. The lowest BCUT2D eigenvalue weighted by Crippen LogP contribution is -2.37. The average molecular weight is 298 g/mol. The molecule has 1 aromatic rings. The van der Waals surface area contributed by atoms with Crippen LogP contribution in [-0.4, -0.2) is 22.4 Å². The van der Waals surface area contributed by atoms with Crippen LogP contribution < -0.4 is 5.32 Å². The lowest BCUT2D eigenvalue weighted by atomic mass is 10.1. The fourth-order valence-electron chi connectivity index (χ4n) is 2.28. The number of hydrogen-bond donors (Lipinski definition) is 2. The van der Waals surface area contributed by atoms with Gasteiger partial charge in [0.1, 0.15) is 5.75 Å². The number of nitrogens with one attached hydrogen (secondary N) is 1. The summed E-state index contributed by atoms with van der Waals surface area (Å²) in [5.41, 5.74) is 0.600. The van der Waals surface area contributed by atoms with Crippen LogP contribution in [0, 0.1) is 5.92 Å². The van der Waals surface area contributed by atoms with E-state index in [9.17, 15) is 4.79 Å². The second-order valence-electron chi connectivity index (χ2n) is 4.47. The normalized spacial score (nSPS) is 23.6. The standard InChI is InChI=1S/C13H16BrNO2/c14-8-10-2-1-3-12(10)15-13(17)9-4-6-11(16)7-5-9/h4-7,10,12,16H,1-3,8H2,(H,15,17). The summed E-state index contributed by atoms with van der Waals surface area (Å²) in [6.07, 6.45) is 3.41. The van der Waals surface area contributed by atoms with Crippen molar-refractivity contribution in [2.24, 2.45) is 5.92 Å². The van der Waals surface area contributed by atoms with Crippen LogP contribution in [0.5, 0.6) is 5.75 Å². The van der Waals surface area contributed by atoms with Gasteiger partial charge in [0.25, 0.3) is 5.91 Å². The van der Waals surface area contributed by atoms with Crippen molar-refractivity contribution in [2.45, 2.75) is 25.3 Å². The molecule has 1 aliphatic rings. The molecule has 0 heterocycles. The Hall–Kier alpha value is -1.03. The smallest absolute Gasteiger partial charge is 0.251 e. The Bertz CT molecular complexity index is 391. The van der Waals surface area contributed by atoms with Crippen LogP contribution in [0.1, 0.15) is 29.6 Å². The van der Waals surface area contributed by atoms with E-state index in [1.807, 2.05) is 0 Å². The van der Waals surface area contributed by atoms with Crippen molar-refractivity contribution < 1.29 is 9.90 Å². The monoisotopic (exact) mass is 297 g/mol. The molecule has 1 fully saturated rings. The zero-order chi connectivity index (χ0) is 12.3. The van der Waals surface area contributed by atoms with Crippen LogP contribution in [0.25, 0.3) is 0 Å². The van der Waals surface area contributed by atoms with Gasteiger partial charge in [-0.1, -0.05) is 22.4 Å². The Morgan fingerprint density at radius 3 is 2.71 bits per heavy atom. The second-order valence-corrected chi connectivity index (χ2v) is 5.12. The van der Waals surface area contributed by atoms with E-state index < -0.39 is 0 Å². The van der Waals surface area contributed by atoms with Gasteiger partial charge in [-0.15, -0.1) is 0 Å². The lowest BCUT2D eigenvalue weighted by molar-refractivity contribution is 0.0930. The van der Waals surface area contributed by atoms with Gasteiger partial charge in [-0.05, 0) is 43.0 Å². The van der Waals surface area contributed by atoms with Gasteiger partial charge >= 0.3 is 0 Å². The molecule has 1 saturated carbocycles. The van der Waals surface area contributed by atoms with Crippen LogP contribution in [0.2, 0.25) is 0 Å². The molecule has 0 bridgehead atoms. The van der Waals surface area contributed by atoms with Gasteiger partial charge in [-0.3, -0.25) is 4.79 Å². The van der Waals surface area contributed by atoms with E-state index in [0.29, 0.717) is 11.5 Å². The molecule has 4 heteroatoms. The van der Waals surface area contributed by atoms with Gasteiger partial charge < -0.3 is 10.4 Å². The SMILES string of the molecule is O=C(NC1CCCC1CBr)c1ccc(O)cc1. The van der Waals surface area contributed by atoms with Gasteiger partial charge in [-0.2, -0.15) is 0 Å². The number of benzene rings is 1. The number of alkyl halides is 1. The van der Waals surface area contributed by atoms with Gasteiger partial charge in [0.05, 0.1) is 0 Å². The Morgan fingerprint density at radius 1 is 1.35 bits per heavy atom. The highest BCUT2D eigenvalue weighted by Crippen LogP contribution is 2.27. The van der Waals surface area contributed by atoms with E-state index in [-0.39, 0.29) is 17.7 Å². The zero-order valence-electron chi connectivity index (χ0n) is 9.53. The number of phenolic OH excluding ortho intramolecular Hbond substituents is 1. The number of halogens is 1. The Morgan fingerprint density at radius 2 is 2.06 bits per heavy atom. The molecule has 3 nitrogen and oxygen atoms in total. The summed E-state index contributed by atoms with van der Waals surface area (Å²) < 4.78 is 0. The molecule has 1 aromatic carbocycles. The minimum absolute atomic E-state index is 0.0529. The first-order chi connectivity index (χ1) is 8.20. The Kier molecular flexibility index (Phi) is 4.05. The van der Waals surface area contributed by atoms with Crippen LogP contribution in [0.3, 0.4) is 0 Å². The summed E-state index contributed by atoms with van der Waals surface area (Å²) in [7, 11) is 0.